The van der Waals surface area contributed by atoms with E-state index in [0.717, 1.165) is 5.69 Å². The fourth-order valence-corrected chi connectivity index (χ4v) is 1.84. The molecular formula is C10H12Cl2N2. The van der Waals surface area contributed by atoms with E-state index in [4.69, 9.17) is 23.2 Å². The maximum absolute atomic E-state index is 5.93. The Morgan fingerprint density at radius 3 is 2.64 bits per heavy atom. The number of alkyl halides is 1. The van der Waals surface area contributed by atoms with Crippen LogP contribution in [-0.4, -0.2) is 9.97 Å². The molecule has 0 spiro atoms. The fraction of sp³-hybridized carbons (Fsp3) is 0.600. The Hall–Kier alpha value is -0.340. The monoisotopic (exact) mass is 230 g/mol. The second-order valence-electron chi connectivity index (χ2n) is 3.72. The molecule has 2 rings (SSSR count). The summed E-state index contributed by atoms with van der Waals surface area (Å²) in [6.07, 6.45) is 3.71. The molecule has 1 unspecified atom stereocenters. The van der Waals surface area contributed by atoms with Gasteiger partial charge in [-0.3, -0.25) is 0 Å². The molecule has 0 aliphatic heterocycles. The summed E-state index contributed by atoms with van der Waals surface area (Å²) in [5.41, 5.74) is 1.05. The Bertz CT molecular complexity index is 335. The average molecular weight is 231 g/mol. The van der Waals surface area contributed by atoms with Crippen LogP contribution < -0.4 is 0 Å². The van der Waals surface area contributed by atoms with Crippen molar-refractivity contribution in [2.75, 3.05) is 0 Å². The molecule has 0 N–H and O–H groups in total. The van der Waals surface area contributed by atoms with Crippen LogP contribution in [0.15, 0.2) is 6.07 Å². The predicted molar refractivity (Wildman–Crippen MR) is 57.9 cm³/mol. The molecule has 14 heavy (non-hydrogen) atoms. The normalized spacial score (nSPS) is 19.1. The quantitative estimate of drug-likeness (QED) is 0.572. The fourth-order valence-electron chi connectivity index (χ4n) is 1.54. The van der Waals surface area contributed by atoms with E-state index >= 15 is 0 Å². The molecule has 0 bridgehead atoms. The zero-order chi connectivity index (χ0) is 10.1. The van der Waals surface area contributed by atoms with Gasteiger partial charge in [-0.15, -0.1) is 11.6 Å². The molecular weight excluding hydrogens is 219 g/mol. The van der Waals surface area contributed by atoms with Gasteiger partial charge < -0.3 is 0 Å². The number of rotatable bonds is 2. The number of nitrogens with zero attached hydrogens (tertiary/aromatic N) is 2. The molecule has 1 aromatic rings. The second kappa shape index (κ2) is 4.03. The summed E-state index contributed by atoms with van der Waals surface area (Å²) in [6, 6.07) is 1.86. The lowest BCUT2D eigenvalue weighted by molar-refractivity contribution is 0.409. The van der Waals surface area contributed by atoms with E-state index in [9.17, 15) is 0 Å². The third-order valence-corrected chi connectivity index (χ3v) is 3.00. The van der Waals surface area contributed by atoms with Crippen LogP contribution in [0.4, 0.5) is 0 Å². The van der Waals surface area contributed by atoms with Gasteiger partial charge in [-0.25, -0.2) is 9.97 Å². The maximum atomic E-state index is 5.93. The zero-order valence-corrected chi connectivity index (χ0v) is 9.52. The Morgan fingerprint density at radius 1 is 1.43 bits per heavy atom. The number of halogens is 2. The van der Waals surface area contributed by atoms with Gasteiger partial charge in [-0.1, -0.05) is 18.0 Å². The Balaban J connectivity index is 2.30. The van der Waals surface area contributed by atoms with Gasteiger partial charge in [0.2, 0.25) is 0 Å². The van der Waals surface area contributed by atoms with Crippen LogP contribution in [0.3, 0.4) is 0 Å². The molecule has 1 aromatic heterocycles. The average Bonchev–Trinajstić information content (AvgIpc) is 1.99. The van der Waals surface area contributed by atoms with Gasteiger partial charge in [-0.05, 0) is 25.8 Å². The number of hydrogen-bond donors (Lipinski definition) is 0. The standard InChI is InChI=1S/C10H12Cl2N2/c1-6(11)10-13-8(5-9(12)14-10)7-3-2-4-7/h5-7H,2-4H2,1H3. The lowest BCUT2D eigenvalue weighted by Gasteiger charge is -2.25. The van der Waals surface area contributed by atoms with Crippen LogP contribution in [0.5, 0.6) is 0 Å². The molecule has 0 amide bonds. The molecule has 0 saturated heterocycles. The maximum Gasteiger partial charge on any atom is 0.147 e. The topological polar surface area (TPSA) is 25.8 Å². The van der Waals surface area contributed by atoms with E-state index in [1.807, 2.05) is 13.0 Å². The Labute approximate surface area is 93.7 Å². The van der Waals surface area contributed by atoms with Gasteiger partial charge in [0.15, 0.2) is 0 Å². The SMILES string of the molecule is CC(Cl)c1nc(Cl)cc(C2CCC2)n1. The van der Waals surface area contributed by atoms with Crippen molar-refractivity contribution in [3.8, 4) is 0 Å². The summed E-state index contributed by atoms with van der Waals surface area (Å²) < 4.78 is 0. The van der Waals surface area contributed by atoms with Crippen molar-refractivity contribution < 1.29 is 0 Å². The molecule has 1 heterocycles. The van der Waals surface area contributed by atoms with Crippen molar-refractivity contribution in [2.45, 2.75) is 37.5 Å². The largest absolute Gasteiger partial charge is 0.236 e. The lowest BCUT2D eigenvalue weighted by atomic mass is 9.83. The smallest absolute Gasteiger partial charge is 0.147 e. The highest BCUT2D eigenvalue weighted by Gasteiger charge is 2.22. The molecule has 1 fully saturated rings. The van der Waals surface area contributed by atoms with Crippen LogP contribution in [-0.2, 0) is 0 Å². The highest BCUT2D eigenvalue weighted by atomic mass is 35.5. The zero-order valence-electron chi connectivity index (χ0n) is 8.00. The van der Waals surface area contributed by atoms with Crippen LogP contribution in [0.1, 0.15) is 49.0 Å². The minimum Gasteiger partial charge on any atom is -0.236 e. The van der Waals surface area contributed by atoms with Gasteiger partial charge in [-0.2, -0.15) is 0 Å². The lowest BCUT2D eigenvalue weighted by Crippen LogP contribution is -2.12. The summed E-state index contributed by atoms with van der Waals surface area (Å²) in [7, 11) is 0. The van der Waals surface area contributed by atoms with Crippen LogP contribution in [0.2, 0.25) is 5.15 Å². The van der Waals surface area contributed by atoms with Crippen molar-refractivity contribution in [1.82, 2.24) is 9.97 Å². The summed E-state index contributed by atoms with van der Waals surface area (Å²) in [5.74, 6) is 1.21. The van der Waals surface area contributed by atoms with E-state index in [1.54, 1.807) is 0 Å². The van der Waals surface area contributed by atoms with Gasteiger partial charge in [0, 0.05) is 11.6 Å². The van der Waals surface area contributed by atoms with Crippen LogP contribution >= 0.6 is 23.2 Å². The minimum atomic E-state index is -0.174. The van der Waals surface area contributed by atoms with Crippen molar-refractivity contribution in [3.63, 3.8) is 0 Å². The first-order valence-electron chi connectivity index (χ1n) is 4.85. The number of aromatic nitrogens is 2. The predicted octanol–water partition coefficient (Wildman–Crippen LogP) is 3.70. The van der Waals surface area contributed by atoms with E-state index in [2.05, 4.69) is 9.97 Å². The van der Waals surface area contributed by atoms with Crippen molar-refractivity contribution in [3.05, 3.63) is 22.7 Å². The molecule has 0 radical (unpaired) electrons. The van der Waals surface area contributed by atoms with Gasteiger partial charge in [0.05, 0.1) is 5.38 Å². The van der Waals surface area contributed by atoms with E-state index in [-0.39, 0.29) is 5.38 Å². The number of hydrogen-bond acceptors (Lipinski definition) is 2. The molecule has 4 heteroatoms. The van der Waals surface area contributed by atoms with E-state index in [0.29, 0.717) is 16.9 Å². The van der Waals surface area contributed by atoms with Crippen LogP contribution in [0, 0.1) is 0 Å². The molecule has 1 aliphatic rings. The van der Waals surface area contributed by atoms with Crippen molar-refractivity contribution in [2.24, 2.45) is 0 Å². The van der Waals surface area contributed by atoms with Crippen molar-refractivity contribution in [1.29, 1.82) is 0 Å². The van der Waals surface area contributed by atoms with Gasteiger partial charge in [0.25, 0.3) is 0 Å². The molecule has 1 atom stereocenters. The summed E-state index contributed by atoms with van der Waals surface area (Å²) in [6.45, 7) is 1.86. The highest BCUT2D eigenvalue weighted by Crippen LogP contribution is 2.36. The van der Waals surface area contributed by atoms with Crippen molar-refractivity contribution >= 4 is 23.2 Å². The molecule has 2 nitrogen and oxygen atoms in total. The summed E-state index contributed by atoms with van der Waals surface area (Å²) >= 11 is 11.8. The first kappa shape index (κ1) is 10.2. The van der Waals surface area contributed by atoms with E-state index in [1.165, 1.54) is 19.3 Å². The molecule has 0 aromatic carbocycles. The third kappa shape index (κ3) is 2.01. The first-order valence-corrected chi connectivity index (χ1v) is 5.66. The second-order valence-corrected chi connectivity index (χ2v) is 4.76. The Kier molecular flexibility index (Phi) is 2.93. The van der Waals surface area contributed by atoms with Gasteiger partial charge in [0.1, 0.15) is 11.0 Å². The summed E-state index contributed by atoms with van der Waals surface area (Å²) in [4.78, 5) is 8.52. The van der Waals surface area contributed by atoms with Gasteiger partial charge >= 0.3 is 0 Å². The van der Waals surface area contributed by atoms with Crippen LogP contribution in [0.25, 0.3) is 0 Å². The molecule has 1 saturated carbocycles. The minimum absolute atomic E-state index is 0.174. The third-order valence-electron chi connectivity index (χ3n) is 2.61. The molecule has 1 aliphatic carbocycles. The highest BCUT2D eigenvalue weighted by molar-refractivity contribution is 6.29. The van der Waals surface area contributed by atoms with E-state index < -0.39 is 0 Å². The summed E-state index contributed by atoms with van der Waals surface area (Å²) in [5, 5.41) is 0.330. The Morgan fingerprint density at radius 2 is 2.14 bits per heavy atom. The first-order chi connectivity index (χ1) is 6.66. The molecule has 76 valence electrons.